The van der Waals surface area contributed by atoms with E-state index in [4.69, 9.17) is 10.2 Å². The number of carboxylic acid groups (broad SMARTS) is 2. The van der Waals surface area contributed by atoms with Crippen LogP contribution >= 0.6 is 0 Å². The number of aliphatic carboxylic acids is 2. The Hall–Kier alpha value is -2.48. The third-order valence-electron chi connectivity index (χ3n) is 2.83. The van der Waals surface area contributed by atoms with Gasteiger partial charge in [-0.15, -0.1) is 0 Å². The second-order valence-corrected chi connectivity index (χ2v) is 6.15. The molecule has 1 heterocycles. The highest BCUT2D eigenvalue weighted by Gasteiger charge is 2.21. The van der Waals surface area contributed by atoms with Gasteiger partial charge in [-0.2, -0.15) is 0 Å². The molecule has 0 spiro atoms. The molecule has 0 aliphatic rings. The summed E-state index contributed by atoms with van der Waals surface area (Å²) in [6.45, 7) is 4.55. The summed E-state index contributed by atoms with van der Waals surface area (Å²) in [4.78, 5) is 39.0. The Bertz CT molecular complexity index is 579. The first kappa shape index (κ1) is 18.6. The second kappa shape index (κ2) is 7.68. The Kier molecular flexibility index (Phi) is 6.20. The number of aromatic nitrogens is 1. The normalized spacial score (nSPS) is 11.3. The van der Waals surface area contributed by atoms with Gasteiger partial charge in [-0.3, -0.25) is 19.3 Å². The SMILES string of the molecule is CC(C)(C)C(=O)Nc1cccc(CN(CC(=O)O)CC(=O)O)n1. The van der Waals surface area contributed by atoms with Crippen LogP contribution in [-0.4, -0.2) is 51.0 Å². The maximum atomic E-state index is 11.9. The number of carbonyl (C=O) groups is 3. The van der Waals surface area contributed by atoms with Gasteiger partial charge in [-0.05, 0) is 12.1 Å². The van der Waals surface area contributed by atoms with Gasteiger partial charge in [-0.1, -0.05) is 26.8 Å². The van der Waals surface area contributed by atoms with Crippen LogP contribution in [0.5, 0.6) is 0 Å². The van der Waals surface area contributed by atoms with Crippen molar-refractivity contribution >= 4 is 23.7 Å². The Morgan fingerprint density at radius 2 is 1.70 bits per heavy atom. The molecule has 0 atom stereocenters. The van der Waals surface area contributed by atoms with E-state index in [1.165, 1.54) is 4.90 Å². The van der Waals surface area contributed by atoms with Gasteiger partial charge in [0.15, 0.2) is 0 Å². The number of hydrogen-bond acceptors (Lipinski definition) is 5. The highest BCUT2D eigenvalue weighted by atomic mass is 16.4. The molecule has 1 aromatic rings. The zero-order valence-electron chi connectivity index (χ0n) is 13.4. The van der Waals surface area contributed by atoms with E-state index >= 15 is 0 Å². The van der Waals surface area contributed by atoms with Gasteiger partial charge < -0.3 is 15.5 Å². The average molecular weight is 323 g/mol. The van der Waals surface area contributed by atoms with E-state index in [1.54, 1.807) is 39.0 Å². The molecule has 8 heteroatoms. The summed E-state index contributed by atoms with van der Waals surface area (Å²) in [6, 6.07) is 4.93. The minimum Gasteiger partial charge on any atom is -0.480 e. The van der Waals surface area contributed by atoms with Gasteiger partial charge in [0.1, 0.15) is 5.82 Å². The summed E-state index contributed by atoms with van der Waals surface area (Å²) in [5.41, 5.74) is -0.102. The van der Waals surface area contributed by atoms with Crippen LogP contribution < -0.4 is 5.32 Å². The highest BCUT2D eigenvalue weighted by Crippen LogP contribution is 2.16. The van der Waals surface area contributed by atoms with Gasteiger partial charge in [0.2, 0.25) is 5.91 Å². The fraction of sp³-hybridized carbons (Fsp3) is 0.467. The lowest BCUT2D eigenvalue weighted by molar-refractivity contribution is -0.142. The predicted molar refractivity (Wildman–Crippen MR) is 82.9 cm³/mol. The van der Waals surface area contributed by atoms with Crippen molar-refractivity contribution in [2.45, 2.75) is 27.3 Å². The van der Waals surface area contributed by atoms with Gasteiger partial charge >= 0.3 is 11.9 Å². The van der Waals surface area contributed by atoms with Crippen LogP contribution in [0.1, 0.15) is 26.5 Å². The van der Waals surface area contributed by atoms with E-state index in [1.807, 2.05) is 0 Å². The summed E-state index contributed by atoms with van der Waals surface area (Å²) < 4.78 is 0. The zero-order valence-corrected chi connectivity index (χ0v) is 13.4. The Morgan fingerprint density at radius 1 is 1.13 bits per heavy atom. The first-order valence-electron chi connectivity index (χ1n) is 7.01. The molecule has 0 unspecified atom stereocenters. The summed E-state index contributed by atoms with van der Waals surface area (Å²) in [5.74, 6) is -2.10. The van der Waals surface area contributed by atoms with Crippen molar-refractivity contribution < 1.29 is 24.6 Å². The van der Waals surface area contributed by atoms with Crippen LogP contribution in [0.4, 0.5) is 5.82 Å². The number of carboxylic acids is 2. The third-order valence-corrected chi connectivity index (χ3v) is 2.83. The molecule has 3 N–H and O–H groups in total. The molecule has 0 bridgehead atoms. The lowest BCUT2D eigenvalue weighted by Gasteiger charge is -2.19. The molecule has 0 fully saturated rings. The molecular weight excluding hydrogens is 302 g/mol. The number of anilines is 1. The van der Waals surface area contributed by atoms with Crippen LogP contribution in [0.3, 0.4) is 0 Å². The summed E-state index contributed by atoms with van der Waals surface area (Å²) in [6.07, 6.45) is 0. The molecule has 0 aromatic carbocycles. The molecule has 1 rings (SSSR count). The summed E-state index contributed by atoms with van der Waals surface area (Å²) in [5, 5.41) is 20.3. The Labute approximate surface area is 134 Å². The lowest BCUT2D eigenvalue weighted by atomic mass is 9.96. The summed E-state index contributed by atoms with van der Waals surface area (Å²) >= 11 is 0. The monoisotopic (exact) mass is 323 g/mol. The van der Waals surface area contributed by atoms with Crippen LogP contribution in [0.25, 0.3) is 0 Å². The van der Waals surface area contributed by atoms with Crippen molar-refractivity contribution in [3.05, 3.63) is 23.9 Å². The molecular formula is C15H21N3O5. The van der Waals surface area contributed by atoms with E-state index in [2.05, 4.69) is 10.3 Å². The topological polar surface area (TPSA) is 120 Å². The average Bonchev–Trinajstić information content (AvgIpc) is 2.36. The fourth-order valence-electron chi connectivity index (χ4n) is 1.72. The number of nitrogens with zero attached hydrogens (tertiary/aromatic N) is 2. The van der Waals surface area contributed by atoms with Crippen molar-refractivity contribution in [1.29, 1.82) is 0 Å². The summed E-state index contributed by atoms with van der Waals surface area (Å²) in [7, 11) is 0. The molecule has 8 nitrogen and oxygen atoms in total. The molecule has 0 aliphatic carbocycles. The van der Waals surface area contributed by atoms with Gasteiger partial charge in [0.25, 0.3) is 0 Å². The van der Waals surface area contributed by atoms with E-state index in [0.29, 0.717) is 11.5 Å². The Balaban J connectivity index is 2.83. The molecule has 23 heavy (non-hydrogen) atoms. The largest absolute Gasteiger partial charge is 0.480 e. The van der Waals surface area contributed by atoms with Gasteiger partial charge in [0, 0.05) is 12.0 Å². The molecule has 0 aliphatic heterocycles. The molecule has 0 radical (unpaired) electrons. The predicted octanol–water partition coefficient (Wildman–Crippen LogP) is 1.04. The maximum Gasteiger partial charge on any atom is 0.317 e. The molecule has 1 aromatic heterocycles. The maximum absolute atomic E-state index is 11.9. The van der Waals surface area contributed by atoms with Gasteiger partial charge in [-0.25, -0.2) is 4.98 Å². The minimum absolute atomic E-state index is 0.0534. The van der Waals surface area contributed by atoms with Crippen molar-refractivity contribution in [1.82, 2.24) is 9.88 Å². The number of nitrogens with one attached hydrogen (secondary N) is 1. The van der Waals surface area contributed by atoms with Crippen molar-refractivity contribution in [3.63, 3.8) is 0 Å². The molecule has 126 valence electrons. The fourth-order valence-corrected chi connectivity index (χ4v) is 1.72. The number of pyridine rings is 1. The van der Waals surface area contributed by atoms with E-state index < -0.39 is 30.4 Å². The number of hydrogen-bond donors (Lipinski definition) is 3. The van der Waals surface area contributed by atoms with Crippen LogP contribution in [-0.2, 0) is 20.9 Å². The van der Waals surface area contributed by atoms with Crippen molar-refractivity contribution in [3.8, 4) is 0 Å². The standard InChI is InChI=1S/C15H21N3O5/c1-15(2,3)14(23)17-11-6-4-5-10(16-11)7-18(8-12(19)20)9-13(21)22/h4-6H,7-9H2,1-3H3,(H,19,20)(H,21,22)(H,16,17,23). The highest BCUT2D eigenvalue weighted by molar-refractivity contribution is 5.93. The molecule has 0 saturated carbocycles. The number of amides is 1. The van der Waals surface area contributed by atoms with E-state index in [9.17, 15) is 14.4 Å². The van der Waals surface area contributed by atoms with Crippen molar-refractivity contribution in [2.24, 2.45) is 5.41 Å². The van der Waals surface area contributed by atoms with E-state index in [-0.39, 0.29) is 12.5 Å². The third kappa shape index (κ3) is 6.88. The Morgan fingerprint density at radius 3 is 2.17 bits per heavy atom. The quantitative estimate of drug-likeness (QED) is 0.685. The van der Waals surface area contributed by atoms with Gasteiger partial charge in [0.05, 0.1) is 18.8 Å². The van der Waals surface area contributed by atoms with Crippen molar-refractivity contribution in [2.75, 3.05) is 18.4 Å². The second-order valence-electron chi connectivity index (χ2n) is 6.15. The van der Waals surface area contributed by atoms with Crippen LogP contribution in [0.15, 0.2) is 18.2 Å². The van der Waals surface area contributed by atoms with E-state index in [0.717, 1.165) is 0 Å². The smallest absolute Gasteiger partial charge is 0.317 e. The first-order chi connectivity index (χ1) is 10.6. The van der Waals surface area contributed by atoms with Crippen LogP contribution in [0.2, 0.25) is 0 Å². The number of carbonyl (C=O) groups excluding carboxylic acids is 1. The molecule has 1 amide bonds. The molecule has 0 saturated heterocycles. The first-order valence-corrected chi connectivity index (χ1v) is 7.01. The van der Waals surface area contributed by atoms with Crippen LogP contribution in [0, 0.1) is 5.41 Å². The zero-order chi connectivity index (χ0) is 17.6. The minimum atomic E-state index is -1.12. The number of rotatable bonds is 7. The lowest BCUT2D eigenvalue weighted by Crippen LogP contribution is -2.34.